The van der Waals surface area contributed by atoms with Gasteiger partial charge in [-0.3, -0.25) is 9.69 Å². The van der Waals surface area contributed by atoms with E-state index in [9.17, 15) is 4.79 Å². The van der Waals surface area contributed by atoms with E-state index in [1.54, 1.807) is 0 Å². The van der Waals surface area contributed by atoms with Crippen LogP contribution in [0.5, 0.6) is 0 Å². The van der Waals surface area contributed by atoms with Gasteiger partial charge < -0.3 is 10.2 Å². The standard InChI is InChI=1S/C30H33N5OS/c1-23-12-14-24(15-13-23)22-27-32-30(37-33-27)35-20-18-34(19-21-35)17-16-31-29(36)28(25-8-4-2-5-9-25)26-10-6-3-7-11-26/h2-15,28H,16-22H2,1H3,(H,31,36). The van der Waals surface area contributed by atoms with Crippen molar-refractivity contribution in [3.05, 3.63) is 113 Å². The largest absolute Gasteiger partial charge is 0.354 e. The molecule has 0 spiro atoms. The van der Waals surface area contributed by atoms with E-state index in [4.69, 9.17) is 4.98 Å². The first-order valence-electron chi connectivity index (χ1n) is 12.9. The summed E-state index contributed by atoms with van der Waals surface area (Å²) in [6, 6.07) is 28.6. The number of amides is 1. The lowest BCUT2D eigenvalue weighted by molar-refractivity contribution is -0.121. The second-order valence-corrected chi connectivity index (χ2v) is 10.3. The molecule has 0 radical (unpaired) electrons. The van der Waals surface area contributed by atoms with Gasteiger partial charge in [0.2, 0.25) is 11.0 Å². The Labute approximate surface area is 223 Å². The van der Waals surface area contributed by atoms with Crippen molar-refractivity contribution in [2.24, 2.45) is 0 Å². The highest BCUT2D eigenvalue weighted by molar-refractivity contribution is 7.09. The van der Waals surface area contributed by atoms with Crippen molar-refractivity contribution in [1.82, 2.24) is 19.6 Å². The van der Waals surface area contributed by atoms with E-state index in [2.05, 4.69) is 50.7 Å². The molecule has 0 aliphatic carbocycles. The number of nitrogens with one attached hydrogen (secondary N) is 1. The Kier molecular flexibility index (Phi) is 8.23. The number of aromatic nitrogens is 2. The maximum atomic E-state index is 13.2. The van der Waals surface area contributed by atoms with Crippen LogP contribution in [0.2, 0.25) is 0 Å². The van der Waals surface area contributed by atoms with Gasteiger partial charge in [0, 0.05) is 57.2 Å². The van der Waals surface area contributed by atoms with E-state index >= 15 is 0 Å². The average molecular weight is 512 g/mol. The third-order valence-corrected chi connectivity index (χ3v) is 7.65. The van der Waals surface area contributed by atoms with Gasteiger partial charge in [0.15, 0.2) is 0 Å². The van der Waals surface area contributed by atoms with Gasteiger partial charge >= 0.3 is 0 Å². The second-order valence-electron chi connectivity index (χ2n) is 9.53. The second kappa shape index (κ2) is 12.1. The summed E-state index contributed by atoms with van der Waals surface area (Å²) in [5, 5.41) is 4.19. The summed E-state index contributed by atoms with van der Waals surface area (Å²) < 4.78 is 4.59. The fraction of sp³-hybridized carbons (Fsp3) is 0.300. The molecule has 4 aromatic rings. The van der Waals surface area contributed by atoms with Crippen LogP contribution in [0.4, 0.5) is 5.13 Å². The van der Waals surface area contributed by atoms with E-state index in [0.717, 1.165) is 61.2 Å². The zero-order chi connectivity index (χ0) is 25.5. The van der Waals surface area contributed by atoms with Crippen molar-refractivity contribution < 1.29 is 4.79 Å². The smallest absolute Gasteiger partial charge is 0.232 e. The zero-order valence-electron chi connectivity index (χ0n) is 21.2. The van der Waals surface area contributed by atoms with E-state index in [1.807, 2.05) is 60.7 Å². The van der Waals surface area contributed by atoms with Crippen molar-refractivity contribution >= 4 is 22.6 Å². The molecular weight excluding hydrogens is 478 g/mol. The van der Waals surface area contributed by atoms with Crippen molar-refractivity contribution in [2.75, 3.05) is 44.2 Å². The highest BCUT2D eigenvalue weighted by Crippen LogP contribution is 2.25. The highest BCUT2D eigenvalue weighted by Gasteiger charge is 2.23. The minimum Gasteiger partial charge on any atom is -0.354 e. The number of rotatable bonds is 9. The SMILES string of the molecule is Cc1ccc(Cc2nsc(N3CCN(CCNC(=O)C(c4ccccc4)c4ccccc4)CC3)n2)cc1. The number of nitrogens with zero attached hydrogens (tertiary/aromatic N) is 4. The molecule has 1 aliphatic rings. The van der Waals surface area contributed by atoms with Gasteiger partial charge in [0.25, 0.3) is 0 Å². The summed E-state index contributed by atoms with van der Waals surface area (Å²) in [4.78, 5) is 22.8. The van der Waals surface area contributed by atoms with Gasteiger partial charge in [-0.25, -0.2) is 4.98 Å². The maximum Gasteiger partial charge on any atom is 0.232 e. The number of carbonyl (C=O) groups excluding carboxylic acids is 1. The van der Waals surface area contributed by atoms with Crippen LogP contribution in [0, 0.1) is 6.92 Å². The van der Waals surface area contributed by atoms with Crippen molar-refractivity contribution in [3.8, 4) is 0 Å². The summed E-state index contributed by atoms with van der Waals surface area (Å²) in [6.07, 6.45) is 0.767. The first-order chi connectivity index (χ1) is 18.2. The maximum absolute atomic E-state index is 13.2. The number of hydrogen-bond donors (Lipinski definition) is 1. The molecule has 7 heteroatoms. The number of anilines is 1. The molecule has 1 amide bonds. The van der Waals surface area contributed by atoms with Crippen LogP contribution >= 0.6 is 11.5 Å². The molecule has 1 aliphatic heterocycles. The molecule has 2 heterocycles. The van der Waals surface area contributed by atoms with Gasteiger partial charge in [0.1, 0.15) is 5.82 Å². The van der Waals surface area contributed by atoms with Gasteiger partial charge in [-0.15, -0.1) is 0 Å². The van der Waals surface area contributed by atoms with Crippen molar-refractivity contribution in [1.29, 1.82) is 0 Å². The molecule has 190 valence electrons. The predicted octanol–water partition coefficient (Wildman–Crippen LogP) is 4.51. The van der Waals surface area contributed by atoms with Gasteiger partial charge in [0.05, 0.1) is 5.92 Å². The molecule has 1 saturated heterocycles. The summed E-state index contributed by atoms with van der Waals surface area (Å²) in [5.74, 6) is 0.636. The molecule has 1 aromatic heterocycles. The predicted molar refractivity (Wildman–Crippen MR) is 150 cm³/mol. The molecule has 1 fully saturated rings. The lowest BCUT2D eigenvalue weighted by atomic mass is 9.90. The topological polar surface area (TPSA) is 61.4 Å². The molecule has 5 rings (SSSR count). The van der Waals surface area contributed by atoms with Crippen LogP contribution in [0.3, 0.4) is 0 Å². The summed E-state index contributed by atoms with van der Waals surface area (Å²) >= 11 is 1.49. The molecule has 0 unspecified atom stereocenters. The van der Waals surface area contributed by atoms with Gasteiger partial charge in [-0.05, 0) is 23.6 Å². The number of benzene rings is 3. The lowest BCUT2D eigenvalue weighted by Gasteiger charge is -2.34. The Morgan fingerprint density at radius 1 is 0.892 bits per heavy atom. The Morgan fingerprint density at radius 2 is 1.51 bits per heavy atom. The van der Waals surface area contributed by atoms with E-state index < -0.39 is 0 Å². The minimum absolute atomic E-state index is 0.0472. The quantitative estimate of drug-likeness (QED) is 0.358. The molecule has 37 heavy (non-hydrogen) atoms. The normalized spacial score (nSPS) is 14.2. The Bertz CT molecular complexity index is 1230. The lowest BCUT2D eigenvalue weighted by Crippen LogP contribution is -2.48. The van der Waals surface area contributed by atoms with Crippen LogP contribution in [0.15, 0.2) is 84.9 Å². The number of hydrogen-bond acceptors (Lipinski definition) is 6. The third kappa shape index (κ3) is 6.61. The Balaban J connectivity index is 1.10. The van der Waals surface area contributed by atoms with Gasteiger partial charge in [-0.1, -0.05) is 90.5 Å². The summed E-state index contributed by atoms with van der Waals surface area (Å²) in [7, 11) is 0. The molecule has 6 nitrogen and oxygen atoms in total. The van der Waals surface area contributed by atoms with Crippen LogP contribution in [-0.4, -0.2) is 59.4 Å². The summed E-state index contributed by atoms with van der Waals surface area (Å²) in [6.45, 7) is 7.31. The van der Waals surface area contributed by atoms with Crippen molar-refractivity contribution in [2.45, 2.75) is 19.3 Å². The van der Waals surface area contributed by atoms with E-state index in [-0.39, 0.29) is 11.8 Å². The fourth-order valence-electron chi connectivity index (χ4n) is 4.72. The monoisotopic (exact) mass is 511 g/mol. The number of carbonyl (C=O) groups is 1. The van der Waals surface area contributed by atoms with Crippen LogP contribution in [0.25, 0.3) is 0 Å². The van der Waals surface area contributed by atoms with Gasteiger partial charge in [-0.2, -0.15) is 4.37 Å². The van der Waals surface area contributed by atoms with E-state index in [0.29, 0.717) is 6.54 Å². The molecular formula is C30H33N5OS. The van der Waals surface area contributed by atoms with Crippen LogP contribution in [0.1, 0.15) is 34.0 Å². The molecule has 0 saturated carbocycles. The Hall–Kier alpha value is -3.55. The van der Waals surface area contributed by atoms with Crippen LogP contribution < -0.4 is 10.2 Å². The molecule has 3 aromatic carbocycles. The number of aryl methyl sites for hydroxylation is 1. The zero-order valence-corrected chi connectivity index (χ0v) is 22.0. The fourth-order valence-corrected chi connectivity index (χ4v) is 5.46. The van der Waals surface area contributed by atoms with Crippen LogP contribution in [-0.2, 0) is 11.2 Å². The number of piperazine rings is 1. The molecule has 0 atom stereocenters. The average Bonchev–Trinajstić information content (AvgIpc) is 3.40. The highest BCUT2D eigenvalue weighted by atomic mass is 32.1. The molecule has 1 N–H and O–H groups in total. The first kappa shape index (κ1) is 25.1. The Morgan fingerprint density at radius 3 is 2.14 bits per heavy atom. The summed E-state index contributed by atoms with van der Waals surface area (Å²) in [5.41, 5.74) is 4.53. The van der Waals surface area contributed by atoms with Crippen molar-refractivity contribution in [3.63, 3.8) is 0 Å². The third-order valence-electron chi connectivity index (χ3n) is 6.84. The molecule has 0 bridgehead atoms. The van der Waals surface area contributed by atoms with E-state index in [1.165, 1.54) is 22.7 Å². The minimum atomic E-state index is -0.300. The first-order valence-corrected chi connectivity index (χ1v) is 13.7.